The van der Waals surface area contributed by atoms with E-state index in [4.69, 9.17) is 11.1 Å². The Labute approximate surface area is 215 Å². The van der Waals surface area contributed by atoms with Gasteiger partial charge in [-0.1, -0.05) is 48.9 Å². The van der Waals surface area contributed by atoms with Crippen LogP contribution in [0.1, 0.15) is 47.2 Å². The summed E-state index contributed by atoms with van der Waals surface area (Å²) >= 11 is 0. The minimum absolute atomic E-state index is 0.0717. The number of carbonyl (C=O) groups excluding carboxylic acids is 2. The molecule has 0 radical (unpaired) electrons. The molecular weight excluding hydrogens is 478 g/mol. The lowest BCUT2D eigenvalue weighted by Crippen LogP contribution is -2.51. The zero-order valence-electron chi connectivity index (χ0n) is 20.4. The summed E-state index contributed by atoms with van der Waals surface area (Å²) in [5.74, 6) is -3.38. The first-order valence-corrected chi connectivity index (χ1v) is 11.9. The molecule has 11 nitrogen and oxygen atoms in total. The Kier molecular flexibility index (Phi) is 11.7. The van der Waals surface area contributed by atoms with E-state index in [0.717, 1.165) is 5.56 Å². The van der Waals surface area contributed by atoms with Crippen molar-refractivity contribution in [3.8, 4) is 0 Å². The average molecular weight is 512 g/mol. The Balaban J connectivity index is 1.74. The van der Waals surface area contributed by atoms with Crippen LogP contribution in [0.4, 0.5) is 0 Å². The molecule has 0 aliphatic carbocycles. The first-order valence-electron chi connectivity index (χ1n) is 11.9. The smallest absolute Gasteiger partial charge is 0.326 e. The molecule has 0 aromatic heterocycles. The monoisotopic (exact) mass is 511 g/mol. The van der Waals surface area contributed by atoms with Crippen LogP contribution >= 0.6 is 0 Å². The summed E-state index contributed by atoms with van der Waals surface area (Å²) in [6.45, 7) is 0.786. The number of aliphatic carboxylic acids is 2. The van der Waals surface area contributed by atoms with Crippen LogP contribution in [0, 0.1) is 5.41 Å². The third kappa shape index (κ3) is 10.5. The van der Waals surface area contributed by atoms with Crippen LogP contribution in [0.2, 0.25) is 0 Å². The van der Waals surface area contributed by atoms with E-state index < -0.39 is 36.4 Å². The number of nitrogen functional groups attached to an aromatic ring is 1. The molecule has 8 N–H and O–H groups in total. The van der Waals surface area contributed by atoms with Gasteiger partial charge in [-0.25, -0.2) is 4.79 Å². The fourth-order valence-corrected chi connectivity index (χ4v) is 3.56. The normalized spacial score (nSPS) is 12.2. The third-order valence-electron chi connectivity index (χ3n) is 5.58. The first kappa shape index (κ1) is 29.0. The van der Waals surface area contributed by atoms with Crippen molar-refractivity contribution in [1.82, 2.24) is 16.0 Å². The number of nitrogens with two attached hydrogens (primary N) is 1. The average Bonchev–Trinajstić information content (AvgIpc) is 2.87. The van der Waals surface area contributed by atoms with Gasteiger partial charge in [-0.15, -0.1) is 0 Å². The van der Waals surface area contributed by atoms with Crippen molar-refractivity contribution in [2.45, 2.75) is 44.2 Å². The van der Waals surface area contributed by atoms with E-state index in [9.17, 15) is 29.4 Å². The van der Waals surface area contributed by atoms with Crippen molar-refractivity contribution in [3.05, 3.63) is 71.3 Å². The van der Waals surface area contributed by atoms with Crippen molar-refractivity contribution >= 4 is 29.6 Å². The largest absolute Gasteiger partial charge is 0.481 e. The van der Waals surface area contributed by atoms with Crippen LogP contribution in [-0.2, 0) is 20.8 Å². The molecule has 0 aliphatic rings. The van der Waals surface area contributed by atoms with Gasteiger partial charge in [0.05, 0.1) is 12.5 Å². The Morgan fingerprint density at radius 2 is 1.46 bits per heavy atom. The lowest BCUT2D eigenvalue weighted by Gasteiger charge is -2.20. The van der Waals surface area contributed by atoms with E-state index in [0.29, 0.717) is 43.5 Å². The second kappa shape index (κ2) is 15.0. The minimum atomic E-state index is -1.21. The molecule has 2 rings (SSSR count). The maximum atomic E-state index is 12.7. The summed E-state index contributed by atoms with van der Waals surface area (Å²) in [4.78, 5) is 47.7. The van der Waals surface area contributed by atoms with Gasteiger partial charge in [0.15, 0.2) is 0 Å². The summed E-state index contributed by atoms with van der Waals surface area (Å²) in [5.41, 5.74) is 7.13. The predicted molar refractivity (Wildman–Crippen MR) is 137 cm³/mol. The first-order chi connectivity index (χ1) is 17.7. The zero-order chi connectivity index (χ0) is 27.2. The molecule has 0 spiro atoms. The molecule has 0 bridgehead atoms. The van der Waals surface area contributed by atoms with Crippen LogP contribution < -0.4 is 21.7 Å². The number of benzene rings is 2. The van der Waals surface area contributed by atoms with Crippen molar-refractivity contribution in [2.24, 2.45) is 5.73 Å². The number of amidine groups is 1. The molecule has 0 heterocycles. The molecule has 2 amide bonds. The lowest BCUT2D eigenvalue weighted by atomic mass is 10.1. The third-order valence-corrected chi connectivity index (χ3v) is 5.58. The zero-order valence-corrected chi connectivity index (χ0v) is 20.4. The number of rotatable bonds is 16. The summed E-state index contributed by atoms with van der Waals surface area (Å²) < 4.78 is 0. The van der Waals surface area contributed by atoms with E-state index >= 15 is 0 Å². The van der Waals surface area contributed by atoms with E-state index in [-0.39, 0.29) is 18.2 Å². The fraction of sp³-hybridized carbons (Fsp3) is 0.346. The number of carboxylic acid groups (broad SMARTS) is 2. The highest BCUT2D eigenvalue weighted by Gasteiger charge is 2.26. The Bertz CT molecular complexity index is 1070. The molecule has 0 fully saturated rings. The molecule has 198 valence electrons. The number of carbonyl (C=O) groups is 4. The van der Waals surface area contributed by atoms with Crippen LogP contribution in [-0.4, -0.2) is 65.0 Å². The number of hydrogen-bond acceptors (Lipinski definition) is 6. The highest BCUT2D eigenvalue weighted by atomic mass is 16.4. The van der Waals surface area contributed by atoms with Gasteiger partial charge in [0.25, 0.3) is 5.91 Å². The second-order valence-electron chi connectivity index (χ2n) is 8.50. The maximum Gasteiger partial charge on any atom is 0.326 e. The number of amides is 2. The molecule has 2 atom stereocenters. The van der Waals surface area contributed by atoms with Crippen molar-refractivity contribution in [3.63, 3.8) is 0 Å². The standard InChI is InChI=1S/C26H33N5O6/c27-23(28)18-9-11-19(12-10-18)24(34)30-14-6-2-5-13-29-20(16-22(32)33)25(35)31-21(26(36)37)15-17-7-3-1-4-8-17/h1,3-4,7-12,20-21,29H,2,5-6,13-16H2,(H3,27,28)(H,30,34)(H,31,35)(H,32,33)(H,36,37)/t20-,21-/m0/s1. The van der Waals surface area contributed by atoms with Crippen LogP contribution in [0.15, 0.2) is 54.6 Å². The van der Waals surface area contributed by atoms with Crippen LogP contribution in [0.5, 0.6) is 0 Å². The molecule has 37 heavy (non-hydrogen) atoms. The van der Waals surface area contributed by atoms with Crippen molar-refractivity contribution in [2.75, 3.05) is 13.1 Å². The Morgan fingerprint density at radius 1 is 0.838 bits per heavy atom. The quantitative estimate of drug-likeness (QED) is 0.0988. The fourth-order valence-electron chi connectivity index (χ4n) is 3.56. The number of carboxylic acids is 2. The van der Waals surface area contributed by atoms with E-state index in [1.54, 1.807) is 54.6 Å². The van der Waals surface area contributed by atoms with Gasteiger partial charge < -0.3 is 31.9 Å². The highest BCUT2D eigenvalue weighted by Crippen LogP contribution is 2.06. The van der Waals surface area contributed by atoms with Gasteiger partial charge in [-0.2, -0.15) is 0 Å². The summed E-state index contributed by atoms with van der Waals surface area (Å²) in [6.07, 6.45) is 1.60. The Hall–Kier alpha value is -4.25. The number of hydrogen-bond donors (Lipinski definition) is 7. The molecule has 2 aromatic rings. The Morgan fingerprint density at radius 3 is 2.05 bits per heavy atom. The second-order valence-corrected chi connectivity index (χ2v) is 8.50. The minimum Gasteiger partial charge on any atom is -0.481 e. The van der Waals surface area contributed by atoms with E-state index in [1.807, 2.05) is 0 Å². The van der Waals surface area contributed by atoms with E-state index in [2.05, 4.69) is 16.0 Å². The number of nitrogens with one attached hydrogen (secondary N) is 4. The van der Waals surface area contributed by atoms with Gasteiger partial charge >= 0.3 is 11.9 Å². The molecule has 11 heteroatoms. The summed E-state index contributed by atoms with van der Waals surface area (Å²) in [6, 6.07) is 13.0. The predicted octanol–water partition coefficient (Wildman–Crippen LogP) is 1.12. The maximum absolute atomic E-state index is 12.7. The molecule has 0 saturated heterocycles. The number of unbranched alkanes of at least 4 members (excludes halogenated alkanes) is 2. The van der Waals surface area contributed by atoms with Crippen molar-refractivity contribution in [1.29, 1.82) is 5.41 Å². The summed E-state index contributed by atoms with van der Waals surface area (Å²) in [7, 11) is 0. The molecular formula is C26H33N5O6. The molecule has 0 saturated carbocycles. The SMILES string of the molecule is N=C(N)c1ccc(C(=O)NCCCCCN[C@@H](CC(=O)O)C(=O)N[C@@H](Cc2ccccc2)C(=O)O)cc1. The van der Waals surface area contributed by atoms with Crippen molar-refractivity contribution < 1.29 is 29.4 Å². The van der Waals surface area contributed by atoms with E-state index in [1.165, 1.54) is 0 Å². The molecule has 0 aliphatic heterocycles. The van der Waals surface area contributed by atoms with Crippen LogP contribution in [0.3, 0.4) is 0 Å². The molecule has 0 unspecified atom stereocenters. The van der Waals surface area contributed by atoms with Gasteiger partial charge in [0, 0.05) is 24.1 Å². The highest BCUT2D eigenvalue weighted by molar-refractivity contribution is 5.98. The van der Waals surface area contributed by atoms with Crippen LogP contribution in [0.25, 0.3) is 0 Å². The van der Waals surface area contributed by atoms with Gasteiger partial charge in [-0.05, 0) is 37.1 Å². The molecule has 2 aromatic carbocycles. The summed E-state index contributed by atoms with van der Waals surface area (Å²) in [5, 5.41) is 34.2. The topological polar surface area (TPSA) is 195 Å². The van der Waals surface area contributed by atoms with Gasteiger partial charge in [0.1, 0.15) is 11.9 Å². The lowest BCUT2D eigenvalue weighted by molar-refractivity contribution is -0.143. The van der Waals surface area contributed by atoms with Gasteiger partial charge in [0.2, 0.25) is 5.91 Å². The van der Waals surface area contributed by atoms with Gasteiger partial charge in [-0.3, -0.25) is 19.8 Å².